The summed E-state index contributed by atoms with van der Waals surface area (Å²) in [6, 6.07) is 9.84. The Morgan fingerprint density at radius 3 is 2.46 bits per heavy atom. The van der Waals surface area contributed by atoms with Crippen molar-refractivity contribution in [2.75, 3.05) is 5.32 Å². The summed E-state index contributed by atoms with van der Waals surface area (Å²) < 4.78 is 6.75. The molecule has 0 saturated heterocycles. The van der Waals surface area contributed by atoms with E-state index < -0.39 is 16.7 Å². The zero-order valence-electron chi connectivity index (χ0n) is 14.6. The summed E-state index contributed by atoms with van der Waals surface area (Å²) in [7, 11) is 1.92. The number of hydrogen-bond acceptors (Lipinski definition) is 5. The van der Waals surface area contributed by atoms with Gasteiger partial charge in [-0.05, 0) is 37.6 Å². The van der Waals surface area contributed by atoms with Crippen LogP contribution in [0.2, 0.25) is 0 Å². The summed E-state index contributed by atoms with van der Waals surface area (Å²) in [5.41, 5.74) is 4.99. The number of amides is 1. The van der Waals surface area contributed by atoms with E-state index in [0.29, 0.717) is 5.69 Å². The zero-order valence-corrected chi connectivity index (χ0v) is 14.6. The smallest absolute Gasteiger partial charge is 0.395 e. The number of nitrogens with zero attached hydrogens (tertiary/aromatic N) is 3. The molecular formula is C18H18N4O4. The second-order valence-corrected chi connectivity index (χ2v) is 6.00. The van der Waals surface area contributed by atoms with Crippen LogP contribution in [-0.4, -0.2) is 20.6 Å². The Hall–Kier alpha value is -3.42. The average molecular weight is 354 g/mol. The van der Waals surface area contributed by atoms with E-state index in [1.165, 1.54) is 11.6 Å². The van der Waals surface area contributed by atoms with E-state index in [1.807, 2.05) is 37.7 Å². The lowest BCUT2D eigenvalue weighted by atomic mass is 10.0. The number of carbonyl (C=O) groups excluding carboxylic acids is 1. The van der Waals surface area contributed by atoms with Crippen molar-refractivity contribution >= 4 is 17.5 Å². The number of aryl methyl sites for hydroxylation is 2. The maximum atomic E-state index is 12.1. The number of carbonyl (C=O) groups is 1. The minimum atomic E-state index is -0.687. The summed E-state index contributed by atoms with van der Waals surface area (Å²) in [5, 5.41) is 17.7. The van der Waals surface area contributed by atoms with Crippen LogP contribution in [0.4, 0.5) is 11.6 Å². The van der Waals surface area contributed by atoms with E-state index in [0.717, 1.165) is 29.4 Å². The largest absolute Gasteiger partial charge is 0.433 e. The van der Waals surface area contributed by atoms with Crippen LogP contribution in [0.25, 0.3) is 0 Å². The summed E-state index contributed by atoms with van der Waals surface area (Å²) >= 11 is 0. The molecule has 0 radical (unpaired) electrons. The number of furan rings is 1. The van der Waals surface area contributed by atoms with Gasteiger partial charge in [0.25, 0.3) is 5.91 Å². The van der Waals surface area contributed by atoms with Crippen molar-refractivity contribution in [3.63, 3.8) is 0 Å². The highest BCUT2D eigenvalue weighted by molar-refractivity contribution is 6.02. The van der Waals surface area contributed by atoms with Crippen LogP contribution in [0.1, 0.15) is 33.1 Å². The second kappa shape index (κ2) is 6.83. The van der Waals surface area contributed by atoms with Crippen molar-refractivity contribution in [3.8, 4) is 0 Å². The van der Waals surface area contributed by atoms with E-state index in [9.17, 15) is 14.9 Å². The zero-order chi connectivity index (χ0) is 18.8. The van der Waals surface area contributed by atoms with Gasteiger partial charge in [0.15, 0.2) is 5.76 Å². The number of aromatic nitrogens is 2. The topological polar surface area (TPSA) is 103 Å². The third-order valence-electron chi connectivity index (χ3n) is 4.25. The Bertz CT molecular complexity index is 970. The Labute approximate surface area is 149 Å². The van der Waals surface area contributed by atoms with Gasteiger partial charge in [0.05, 0.1) is 11.8 Å². The van der Waals surface area contributed by atoms with Crippen LogP contribution in [0, 0.1) is 24.0 Å². The molecule has 0 atom stereocenters. The third kappa shape index (κ3) is 3.49. The van der Waals surface area contributed by atoms with Gasteiger partial charge in [0.1, 0.15) is 4.92 Å². The number of nitro groups is 1. The second-order valence-electron chi connectivity index (χ2n) is 6.00. The predicted octanol–water partition coefficient (Wildman–Crippen LogP) is 3.38. The molecule has 0 unspecified atom stereocenters. The highest BCUT2D eigenvalue weighted by Crippen LogP contribution is 2.20. The van der Waals surface area contributed by atoms with Crippen LogP contribution in [0.15, 0.2) is 40.8 Å². The molecule has 0 spiro atoms. The number of anilines is 1. The summed E-state index contributed by atoms with van der Waals surface area (Å²) in [5.74, 6) is -1.11. The fourth-order valence-electron chi connectivity index (χ4n) is 2.72. The van der Waals surface area contributed by atoms with E-state index in [2.05, 4.69) is 10.4 Å². The molecule has 2 aromatic heterocycles. The fraction of sp³-hybridized carbons (Fsp3) is 0.222. The van der Waals surface area contributed by atoms with Crippen molar-refractivity contribution in [2.24, 2.45) is 7.05 Å². The van der Waals surface area contributed by atoms with Crippen LogP contribution in [0.3, 0.4) is 0 Å². The average Bonchev–Trinajstić information content (AvgIpc) is 3.18. The molecule has 1 N–H and O–H groups in total. The Morgan fingerprint density at radius 2 is 1.92 bits per heavy atom. The molecular weight excluding hydrogens is 336 g/mol. The van der Waals surface area contributed by atoms with Crippen LogP contribution in [-0.2, 0) is 13.5 Å². The number of hydrogen-bond donors (Lipinski definition) is 1. The molecule has 0 fully saturated rings. The molecule has 8 heteroatoms. The van der Waals surface area contributed by atoms with Crippen molar-refractivity contribution < 1.29 is 14.1 Å². The van der Waals surface area contributed by atoms with Gasteiger partial charge in [-0.15, -0.1) is 0 Å². The van der Waals surface area contributed by atoms with Gasteiger partial charge >= 0.3 is 5.88 Å². The van der Waals surface area contributed by atoms with Gasteiger partial charge in [-0.25, -0.2) is 0 Å². The first kappa shape index (κ1) is 17.4. The molecule has 1 amide bonds. The monoisotopic (exact) mass is 354 g/mol. The predicted molar refractivity (Wildman–Crippen MR) is 95.2 cm³/mol. The maximum Gasteiger partial charge on any atom is 0.433 e. The van der Waals surface area contributed by atoms with Crippen LogP contribution < -0.4 is 5.32 Å². The Morgan fingerprint density at radius 1 is 1.23 bits per heavy atom. The summed E-state index contributed by atoms with van der Waals surface area (Å²) in [6.07, 6.45) is 0.754. The molecule has 3 rings (SSSR count). The number of nitrogens with one attached hydrogen (secondary N) is 1. The first-order chi connectivity index (χ1) is 12.3. The molecule has 0 saturated carbocycles. The Balaban J connectivity index is 1.69. The molecule has 0 aliphatic carbocycles. The van der Waals surface area contributed by atoms with Gasteiger partial charge in [-0.3, -0.25) is 19.6 Å². The minimum Gasteiger partial charge on any atom is -0.395 e. The van der Waals surface area contributed by atoms with E-state index in [4.69, 9.17) is 4.42 Å². The molecule has 2 heterocycles. The number of benzene rings is 1. The van der Waals surface area contributed by atoms with Crippen molar-refractivity contribution in [1.29, 1.82) is 0 Å². The van der Waals surface area contributed by atoms with Crippen LogP contribution in [0.5, 0.6) is 0 Å². The first-order valence-electron chi connectivity index (χ1n) is 7.98. The van der Waals surface area contributed by atoms with Crippen molar-refractivity contribution in [2.45, 2.75) is 20.3 Å². The normalized spacial score (nSPS) is 10.7. The lowest BCUT2D eigenvalue weighted by Crippen LogP contribution is -2.10. The summed E-state index contributed by atoms with van der Waals surface area (Å²) in [4.78, 5) is 22.0. The lowest BCUT2D eigenvalue weighted by Gasteiger charge is -2.06. The van der Waals surface area contributed by atoms with E-state index in [1.54, 1.807) is 12.1 Å². The van der Waals surface area contributed by atoms with Gasteiger partial charge in [0, 0.05) is 30.4 Å². The molecule has 0 bridgehead atoms. The first-order valence-corrected chi connectivity index (χ1v) is 7.98. The van der Waals surface area contributed by atoms with Crippen molar-refractivity contribution in [3.05, 3.63) is 74.8 Å². The van der Waals surface area contributed by atoms with Crippen LogP contribution >= 0.6 is 0 Å². The summed E-state index contributed by atoms with van der Waals surface area (Å²) in [6.45, 7) is 4.02. The fourth-order valence-corrected chi connectivity index (χ4v) is 2.72. The van der Waals surface area contributed by atoms with Gasteiger partial charge < -0.3 is 9.73 Å². The highest BCUT2D eigenvalue weighted by Gasteiger charge is 2.17. The Kier molecular flexibility index (Phi) is 4.57. The molecule has 3 aromatic rings. The van der Waals surface area contributed by atoms with Gasteiger partial charge in [0.2, 0.25) is 0 Å². The molecule has 26 heavy (non-hydrogen) atoms. The number of rotatable bonds is 5. The van der Waals surface area contributed by atoms with E-state index in [-0.39, 0.29) is 5.76 Å². The van der Waals surface area contributed by atoms with Gasteiger partial charge in [-0.2, -0.15) is 5.10 Å². The molecule has 134 valence electrons. The molecule has 0 aliphatic rings. The van der Waals surface area contributed by atoms with Gasteiger partial charge in [-0.1, -0.05) is 12.1 Å². The SMILES string of the molecule is Cc1nn(C)c(C)c1Cc1ccc(NC(=O)c2ccc([N+](=O)[O-])o2)cc1. The standard InChI is InChI=1S/C18H18N4O4/c1-11-15(12(2)21(3)20-11)10-13-4-6-14(7-5-13)19-18(23)16-8-9-17(26-16)22(24)25/h4-9H,10H2,1-3H3,(H,19,23). The molecule has 0 aliphatic heterocycles. The maximum absolute atomic E-state index is 12.1. The van der Waals surface area contributed by atoms with Crippen molar-refractivity contribution in [1.82, 2.24) is 9.78 Å². The highest BCUT2D eigenvalue weighted by atomic mass is 16.6. The minimum absolute atomic E-state index is 0.109. The third-order valence-corrected chi connectivity index (χ3v) is 4.25. The molecule has 1 aromatic carbocycles. The molecule has 8 nitrogen and oxygen atoms in total. The van der Waals surface area contributed by atoms with E-state index >= 15 is 0 Å². The lowest BCUT2D eigenvalue weighted by molar-refractivity contribution is -0.402. The quantitative estimate of drug-likeness (QED) is 0.559.